The van der Waals surface area contributed by atoms with Gasteiger partial charge in [0.05, 0.1) is 0 Å². The molecule has 0 aliphatic heterocycles. The van der Waals surface area contributed by atoms with Gasteiger partial charge in [0, 0.05) is 11.1 Å². The predicted octanol–water partition coefficient (Wildman–Crippen LogP) is 1.25. The Labute approximate surface area is 91.5 Å². The smallest absolute Gasteiger partial charge is 0.294 e. The highest BCUT2D eigenvalue weighted by Gasteiger charge is 2.40. The lowest BCUT2D eigenvalue weighted by atomic mass is 10.1. The number of hydrogen-bond acceptors (Lipinski definition) is 4. The number of hydrogen-bond donors (Lipinski definition) is 0. The molecule has 1 aliphatic rings. The second-order valence-corrected chi connectivity index (χ2v) is 3.35. The molecule has 0 radical (unpaired) electrons. The molecule has 2 rings (SSSR count). The molecule has 4 heteroatoms. The fourth-order valence-corrected chi connectivity index (χ4v) is 1.69. The summed E-state index contributed by atoms with van der Waals surface area (Å²) in [6.07, 6.45) is 0.263. The van der Waals surface area contributed by atoms with Crippen LogP contribution in [0, 0.1) is 0 Å². The molecule has 0 saturated carbocycles. The summed E-state index contributed by atoms with van der Waals surface area (Å²) in [5.74, 6) is -0.946. The Balaban J connectivity index is 2.50. The van der Waals surface area contributed by atoms with Gasteiger partial charge in [-0.15, -0.1) is 0 Å². The molecule has 1 aromatic carbocycles. The average molecular weight is 216 g/mol. The number of fused-ring (bicyclic) bond motifs is 1. The molecule has 80 valence electrons. The average Bonchev–Trinajstić information content (AvgIpc) is 2.54. The Morgan fingerprint density at radius 3 is 2.50 bits per heavy atom. The van der Waals surface area contributed by atoms with Crippen molar-refractivity contribution in [1.82, 2.24) is 0 Å². The molecule has 4 nitrogen and oxygen atoms in total. The predicted molar refractivity (Wildman–Crippen MR) is 56.1 cm³/mol. The van der Waals surface area contributed by atoms with Crippen LogP contribution in [0.4, 0.5) is 0 Å². The fourth-order valence-electron chi connectivity index (χ4n) is 1.69. The van der Waals surface area contributed by atoms with Crippen LogP contribution >= 0.6 is 0 Å². The quantitative estimate of drug-likeness (QED) is 0.563. The van der Waals surface area contributed by atoms with E-state index in [0.29, 0.717) is 5.56 Å². The molecule has 16 heavy (non-hydrogen) atoms. The van der Waals surface area contributed by atoms with Gasteiger partial charge in [-0.05, 0) is 17.7 Å². The van der Waals surface area contributed by atoms with E-state index in [4.69, 9.17) is 0 Å². The Morgan fingerprint density at radius 1 is 1.19 bits per heavy atom. The molecule has 1 aromatic rings. The second-order valence-electron chi connectivity index (χ2n) is 3.35. The van der Waals surface area contributed by atoms with Crippen LogP contribution in [0.2, 0.25) is 0 Å². The first-order valence-corrected chi connectivity index (χ1v) is 4.63. The number of carbonyl (C=O) groups is 3. The molecule has 0 saturated heterocycles. The lowest BCUT2D eigenvalue weighted by Gasteiger charge is -2.01. The molecule has 0 spiro atoms. The van der Waals surface area contributed by atoms with E-state index in [1.165, 1.54) is 0 Å². The number of rotatable bonds is 3. The van der Waals surface area contributed by atoms with Gasteiger partial charge in [-0.3, -0.25) is 14.4 Å². The van der Waals surface area contributed by atoms with Crippen molar-refractivity contribution < 1.29 is 19.1 Å². The number of benzene rings is 1. The van der Waals surface area contributed by atoms with Crippen LogP contribution in [0.15, 0.2) is 24.8 Å². The third kappa shape index (κ3) is 1.35. The van der Waals surface area contributed by atoms with E-state index in [1.807, 2.05) is 0 Å². The number of ketones is 2. The summed E-state index contributed by atoms with van der Waals surface area (Å²) in [5.41, 5.74) is 1.32. The van der Waals surface area contributed by atoms with Crippen LogP contribution in [-0.4, -0.2) is 24.1 Å². The van der Waals surface area contributed by atoms with Crippen molar-refractivity contribution in [3.8, 4) is 0 Å². The molecule has 1 aliphatic carbocycles. The summed E-state index contributed by atoms with van der Waals surface area (Å²) in [7, 11) is 0. The highest BCUT2D eigenvalue weighted by Crippen LogP contribution is 2.25. The maximum absolute atomic E-state index is 11.7. The van der Waals surface area contributed by atoms with E-state index in [0.717, 1.165) is 5.56 Å². The maximum atomic E-state index is 11.7. The zero-order chi connectivity index (χ0) is 11.7. The summed E-state index contributed by atoms with van der Waals surface area (Å²) in [4.78, 5) is 33.6. The zero-order valence-electron chi connectivity index (χ0n) is 8.30. The Kier molecular flexibility index (Phi) is 2.40. The minimum Gasteiger partial charge on any atom is -0.448 e. The molecule has 0 amide bonds. The molecule has 0 N–H and O–H groups in total. The van der Waals surface area contributed by atoms with Crippen LogP contribution < -0.4 is 0 Å². The van der Waals surface area contributed by atoms with Gasteiger partial charge in [-0.25, -0.2) is 0 Å². The summed E-state index contributed by atoms with van der Waals surface area (Å²) >= 11 is 0. The Morgan fingerprint density at radius 2 is 1.88 bits per heavy atom. The van der Waals surface area contributed by atoms with Crippen molar-refractivity contribution >= 4 is 24.1 Å². The minimum absolute atomic E-state index is 0.112. The van der Waals surface area contributed by atoms with E-state index in [1.54, 1.807) is 24.3 Å². The summed E-state index contributed by atoms with van der Waals surface area (Å²) in [6, 6.07) is 4.79. The van der Waals surface area contributed by atoms with Gasteiger partial charge in [0.15, 0.2) is 0 Å². The van der Waals surface area contributed by atoms with Gasteiger partial charge in [0.2, 0.25) is 17.7 Å². The van der Waals surface area contributed by atoms with Crippen molar-refractivity contribution in [3.63, 3.8) is 0 Å². The lowest BCUT2D eigenvalue weighted by molar-refractivity contribution is -0.130. The van der Waals surface area contributed by atoms with Gasteiger partial charge >= 0.3 is 0 Å². The number of ether oxygens (including phenoxy) is 1. The minimum atomic E-state index is -1.31. The zero-order valence-corrected chi connectivity index (χ0v) is 8.30. The van der Waals surface area contributed by atoms with Gasteiger partial charge in [0.25, 0.3) is 6.47 Å². The SMILES string of the molecule is C=Cc1ccc2c(c1)C(=O)C(OC=O)C2=O. The third-order valence-electron chi connectivity index (χ3n) is 2.48. The Hall–Kier alpha value is -2.23. The first-order valence-electron chi connectivity index (χ1n) is 4.63. The molecule has 0 fully saturated rings. The van der Waals surface area contributed by atoms with Crippen LogP contribution in [0.3, 0.4) is 0 Å². The largest absolute Gasteiger partial charge is 0.448 e. The second kappa shape index (κ2) is 3.73. The van der Waals surface area contributed by atoms with E-state index < -0.39 is 17.7 Å². The van der Waals surface area contributed by atoms with Crippen molar-refractivity contribution in [2.45, 2.75) is 6.10 Å². The van der Waals surface area contributed by atoms with Crippen molar-refractivity contribution in [2.75, 3.05) is 0 Å². The van der Waals surface area contributed by atoms with Gasteiger partial charge in [-0.1, -0.05) is 18.7 Å². The summed E-state index contributed by atoms with van der Waals surface area (Å²) in [6.45, 7) is 3.68. The van der Waals surface area contributed by atoms with Crippen molar-refractivity contribution in [1.29, 1.82) is 0 Å². The van der Waals surface area contributed by atoms with Crippen LogP contribution in [0.5, 0.6) is 0 Å². The standard InChI is InChI=1S/C12H8O4/c1-2-7-3-4-8-9(5-7)11(15)12(10(8)14)16-6-13/h2-6,12H,1H2. The first-order chi connectivity index (χ1) is 7.69. The van der Waals surface area contributed by atoms with Gasteiger partial charge < -0.3 is 4.74 Å². The van der Waals surface area contributed by atoms with E-state index in [-0.39, 0.29) is 12.0 Å². The van der Waals surface area contributed by atoms with E-state index >= 15 is 0 Å². The molecular weight excluding hydrogens is 208 g/mol. The molecule has 1 atom stereocenters. The van der Waals surface area contributed by atoms with Crippen molar-refractivity contribution in [3.05, 3.63) is 41.5 Å². The molecule has 1 unspecified atom stereocenters. The summed E-state index contributed by atoms with van der Waals surface area (Å²) in [5, 5.41) is 0. The Bertz CT molecular complexity index is 502. The van der Waals surface area contributed by atoms with Gasteiger partial charge in [-0.2, -0.15) is 0 Å². The van der Waals surface area contributed by atoms with E-state index in [2.05, 4.69) is 11.3 Å². The maximum Gasteiger partial charge on any atom is 0.294 e. The molecular formula is C12H8O4. The lowest BCUT2D eigenvalue weighted by Crippen LogP contribution is -2.25. The monoisotopic (exact) mass is 216 g/mol. The fraction of sp³-hybridized carbons (Fsp3) is 0.0833. The summed E-state index contributed by atoms with van der Waals surface area (Å²) < 4.78 is 4.48. The molecule has 0 aromatic heterocycles. The van der Waals surface area contributed by atoms with Crippen LogP contribution in [0.1, 0.15) is 26.3 Å². The number of carbonyl (C=O) groups excluding carboxylic acids is 3. The molecule has 0 heterocycles. The normalized spacial score (nSPS) is 18.1. The topological polar surface area (TPSA) is 60.4 Å². The third-order valence-corrected chi connectivity index (χ3v) is 2.48. The highest BCUT2D eigenvalue weighted by atomic mass is 16.5. The van der Waals surface area contributed by atoms with E-state index in [9.17, 15) is 14.4 Å². The van der Waals surface area contributed by atoms with Crippen molar-refractivity contribution in [2.24, 2.45) is 0 Å². The number of Topliss-reactive ketones (excluding diaryl/α,β-unsaturated/α-hetero) is 2. The van der Waals surface area contributed by atoms with Gasteiger partial charge in [0.1, 0.15) is 0 Å². The van der Waals surface area contributed by atoms with Crippen LogP contribution in [-0.2, 0) is 9.53 Å². The highest BCUT2D eigenvalue weighted by molar-refractivity contribution is 6.29. The van der Waals surface area contributed by atoms with Crippen LogP contribution in [0.25, 0.3) is 6.08 Å². The first kappa shape index (κ1) is 10.3. The molecule has 0 bridgehead atoms.